The van der Waals surface area contributed by atoms with Crippen molar-refractivity contribution in [2.24, 2.45) is 0 Å². The normalized spacial score (nSPS) is 11.0. The number of halogens is 2. The minimum absolute atomic E-state index is 0.497. The number of anilines is 1. The molecule has 0 radical (unpaired) electrons. The van der Waals surface area contributed by atoms with Crippen LogP contribution in [0.15, 0.2) is 61.1 Å². The summed E-state index contributed by atoms with van der Waals surface area (Å²) in [6.45, 7) is 0.663. The molecular formula is C18H14Cl2N5+. The van der Waals surface area contributed by atoms with E-state index in [4.69, 9.17) is 23.2 Å². The minimum Gasteiger partial charge on any atom is -0.300 e. The maximum absolute atomic E-state index is 6.36. The molecule has 0 spiro atoms. The molecule has 124 valence electrons. The summed E-state index contributed by atoms with van der Waals surface area (Å²) in [7, 11) is 0. The number of pyridine rings is 1. The third kappa shape index (κ3) is 3.16. The average molecular weight is 371 g/mol. The maximum Gasteiger partial charge on any atom is 0.286 e. The first-order chi connectivity index (χ1) is 12.2. The van der Waals surface area contributed by atoms with E-state index in [1.54, 1.807) is 18.5 Å². The molecule has 3 aromatic heterocycles. The summed E-state index contributed by atoms with van der Waals surface area (Å²) in [6.07, 6.45) is 5.39. The lowest BCUT2D eigenvalue weighted by molar-refractivity contribution is -0.564. The van der Waals surface area contributed by atoms with Crippen LogP contribution in [0.4, 0.5) is 5.82 Å². The van der Waals surface area contributed by atoms with Gasteiger partial charge < -0.3 is 0 Å². The summed E-state index contributed by atoms with van der Waals surface area (Å²) in [5.74, 6) is 0.873. The predicted molar refractivity (Wildman–Crippen MR) is 98.8 cm³/mol. The molecule has 25 heavy (non-hydrogen) atoms. The van der Waals surface area contributed by atoms with Gasteiger partial charge in [-0.05, 0) is 29.8 Å². The lowest BCUT2D eigenvalue weighted by Gasteiger charge is -2.06. The number of rotatable bonds is 4. The first-order valence-electron chi connectivity index (χ1n) is 7.70. The smallest absolute Gasteiger partial charge is 0.286 e. The van der Waals surface area contributed by atoms with Crippen LogP contribution >= 0.6 is 23.2 Å². The third-order valence-electron chi connectivity index (χ3n) is 3.87. The van der Waals surface area contributed by atoms with Crippen LogP contribution in [0.5, 0.6) is 0 Å². The molecule has 2 N–H and O–H groups in total. The molecule has 0 unspecified atom stereocenters. The lowest BCUT2D eigenvalue weighted by atomic mass is 10.1. The Morgan fingerprint density at radius 1 is 1.08 bits per heavy atom. The van der Waals surface area contributed by atoms with Gasteiger partial charge in [-0.1, -0.05) is 29.3 Å². The Balaban J connectivity index is 1.76. The van der Waals surface area contributed by atoms with Crippen molar-refractivity contribution in [2.75, 3.05) is 5.32 Å². The van der Waals surface area contributed by atoms with Gasteiger partial charge in [0.1, 0.15) is 0 Å². The molecule has 0 amide bonds. The number of nitrogens with one attached hydrogen (secondary N) is 2. The van der Waals surface area contributed by atoms with Crippen molar-refractivity contribution in [3.05, 3.63) is 76.7 Å². The summed E-state index contributed by atoms with van der Waals surface area (Å²) in [5.41, 5.74) is 3.47. The first kappa shape index (κ1) is 15.9. The van der Waals surface area contributed by atoms with Crippen LogP contribution in [0.2, 0.25) is 10.0 Å². The molecule has 3 heterocycles. The molecule has 0 saturated heterocycles. The summed E-state index contributed by atoms with van der Waals surface area (Å²) in [5, 5.41) is 7.58. The Morgan fingerprint density at radius 2 is 1.92 bits per heavy atom. The topological polar surface area (TPSA) is 57.7 Å². The van der Waals surface area contributed by atoms with Gasteiger partial charge >= 0.3 is 0 Å². The minimum atomic E-state index is 0.497. The van der Waals surface area contributed by atoms with Crippen molar-refractivity contribution in [1.29, 1.82) is 0 Å². The Morgan fingerprint density at radius 3 is 2.76 bits per heavy atom. The standard InChI is InChI=1S/C18H13Cl2N5/c19-14-3-1-2-13(18(14)20)15-10-17(25-16(24-15)6-9-23-25)22-11-12-4-7-21-8-5-12/h1-10H,11H2,(H,22,23,24)/p+1. The van der Waals surface area contributed by atoms with Crippen LogP contribution in [0, 0.1) is 0 Å². The van der Waals surface area contributed by atoms with Crippen molar-refractivity contribution in [3.8, 4) is 11.3 Å². The largest absolute Gasteiger partial charge is 0.300 e. The summed E-state index contributed by atoms with van der Waals surface area (Å²) in [4.78, 5) is 8.70. The van der Waals surface area contributed by atoms with E-state index in [-0.39, 0.29) is 0 Å². The second-order valence-electron chi connectivity index (χ2n) is 5.49. The third-order valence-corrected chi connectivity index (χ3v) is 4.68. The number of aromatic nitrogens is 4. The highest BCUT2D eigenvalue weighted by molar-refractivity contribution is 6.43. The monoisotopic (exact) mass is 370 g/mol. The molecule has 0 bridgehead atoms. The van der Waals surface area contributed by atoms with Gasteiger partial charge in [-0.3, -0.25) is 15.4 Å². The lowest BCUT2D eigenvalue weighted by Crippen LogP contribution is -2.29. The van der Waals surface area contributed by atoms with Gasteiger partial charge in [-0.25, -0.2) is 0 Å². The molecule has 0 aliphatic heterocycles. The molecule has 4 rings (SSSR count). The van der Waals surface area contributed by atoms with Gasteiger partial charge in [0.2, 0.25) is 5.82 Å². The Bertz CT molecular complexity index is 1030. The highest BCUT2D eigenvalue weighted by atomic mass is 35.5. The van der Waals surface area contributed by atoms with E-state index in [9.17, 15) is 0 Å². The zero-order valence-electron chi connectivity index (χ0n) is 13.1. The summed E-state index contributed by atoms with van der Waals surface area (Å²) in [6, 6.07) is 13.3. The number of benzene rings is 1. The molecule has 0 aliphatic rings. The second-order valence-corrected chi connectivity index (χ2v) is 6.28. The van der Waals surface area contributed by atoms with E-state index >= 15 is 0 Å². The molecule has 0 aliphatic carbocycles. The fraction of sp³-hybridized carbons (Fsp3) is 0.0556. The zero-order valence-corrected chi connectivity index (χ0v) is 14.6. The average Bonchev–Trinajstić information content (AvgIpc) is 3.11. The van der Waals surface area contributed by atoms with Crippen molar-refractivity contribution in [2.45, 2.75) is 6.54 Å². The number of aromatic amines is 1. The van der Waals surface area contributed by atoms with Gasteiger partial charge in [0, 0.05) is 30.2 Å². The van der Waals surface area contributed by atoms with E-state index in [1.165, 1.54) is 0 Å². The molecular weight excluding hydrogens is 357 g/mol. The molecule has 0 fully saturated rings. The quantitative estimate of drug-likeness (QED) is 0.531. The van der Waals surface area contributed by atoms with Gasteiger partial charge in [-0.15, -0.1) is 9.50 Å². The Labute approximate surface area is 154 Å². The number of fused-ring (bicyclic) bond motifs is 1. The molecule has 0 saturated carbocycles. The van der Waals surface area contributed by atoms with Gasteiger partial charge in [0.05, 0.1) is 22.7 Å². The summed E-state index contributed by atoms with van der Waals surface area (Å²) >= 11 is 12.5. The number of H-pyrrole nitrogens is 1. The molecule has 5 nitrogen and oxygen atoms in total. The first-order valence-corrected chi connectivity index (χ1v) is 8.45. The number of nitrogens with zero attached hydrogens (tertiary/aromatic N) is 3. The van der Waals surface area contributed by atoms with Gasteiger partial charge in [0.25, 0.3) is 5.65 Å². The van der Waals surface area contributed by atoms with Crippen molar-refractivity contribution in [1.82, 2.24) is 15.1 Å². The molecule has 4 aromatic rings. The van der Waals surface area contributed by atoms with Gasteiger partial charge in [0.15, 0.2) is 5.69 Å². The SMILES string of the molecule is Clc1cccc(-c2cc(NCc3ccncc3)[n+]3[nH]ccc3n2)c1Cl. The van der Waals surface area contributed by atoms with Gasteiger partial charge in [-0.2, -0.15) is 0 Å². The van der Waals surface area contributed by atoms with Crippen LogP contribution in [-0.4, -0.2) is 15.1 Å². The molecule has 7 heteroatoms. The van der Waals surface area contributed by atoms with E-state index in [0.29, 0.717) is 16.6 Å². The predicted octanol–water partition coefficient (Wildman–Crippen LogP) is 4.13. The van der Waals surface area contributed by atoms with Crippen LogP contribution in [0.3, 0.4) is 0 Å². The zero-order chi connectivity index (χ0) is 17.2. The maximum atomic E-state index is 6.36. The highest BCUT2D eigenvalue weighted by Crippen LogP contribution is 2.33. The molecule has 0 atom stereocenters. The second kappa shape index (κ2) is 6.70. The van der Waals surface area contributed by atoms with Crippen molar-refractivity contribution in [3.63, 3.8) is 0 Å². The number of hydrogen-bond acceptors (Lipinski definition) is 3. The van der Waals surface area contributed by atoms with E-state index in [0.717, 1.165) is 28.3 Å². The van der Waals surface area contributed by atoms with Crippen LogP contribution in [-0.2, 0) is 6.54 Å². The fourth-order valence-corrected chi connectivity index (χ4v) is 3.02. The van der Waals surface area contributed by atoms with Crippen LogP contribution in [0.1, 0.15) is 5.56 Å². The van der Waals surface area contributed by atoms with E-state index in [1.807, 2.05) is 47.1 Å². The Kier molecular flexibility index (Phi) is 4.26. The Hall–Kier alpha value is -2.63. The van der Waals surface area contributed by atoms with E-state index < -0.39 is 0 Å². The number of hydrogen-bond donors (Lipinski definition) is 2. The fourth-order valence-electron chi connectivity index (χ4n) is 2.62. The van der Waals surface area contributed by atoms with Crippen molar-refractivity contribution < 1.29 is 4.52 Å². The van der Waals surface area contributed by atoms with Crippen LogP contribution in [0.25, 0.3) is 16.9 Å². The van der Waals surface area contributed by atoms with Crippen LogP contribution < -0.4 is 9.83 Å². The molecule has 1 aromatic carbocycles. The van der Waals surface area contributed by atoms with Crippen molar-refractivity contribution >= 4 is 34.7 Å². The highest BCUT2D eigenvalue weighted by Gasteiger charge is 2.17. The summed E-state index contributed by atoms with van der Waals surface area (Å²) < 4.78 is 1.88. The van der Waals surface area contributed by atoms with E-state index in [2.05, 4.69) is 20.4 Å².